The average Bonchev–Trinajstić information content (AvgIpc) is 2.17. The second kappa shape index (κ2) is 7.05. The van der Waals surface area contributed by atoms with E-state index in [9.17, 15) is 0 Å². The summed E-state index contributed by atoms with van der Waals surface area (Å²) in [6, 6.07) is 0. The van der Waals surface area contributed by atoms with Gasteiger partial charge < -0.3 is 5.73 Å². The quantitative estimate of drug-likeness (QED) is 0.464. The lowest BCUT2D eigenvalue weighted by Gasteiger charge is -2.34. The molecule has 0 bridgehead atoms. The number of hydrogen-bond acceptors (Lipinski definition) is 1. The summed E-state index contributed by atoms with van der Waals surface area (Å²) in [6.07, 6.45) is 9.25. The number of rotatable bonds is 8. The fraction of sp³-hybridized carbons (Fsp3) is 0.846. The van der Waals surface area contributed by atoms with Crippen molar-refractivity contribution < 1.29 is 0 Å². The molecule has 0 aromatic carbocycles. The van der Waals surface area contributed by atoms with E-state index in [0.29, 0.717) is 5.92 Å². The van der Waals surface area contributed by atoms with Gasteiger partial charge in [-0.2, -0.15) is 0 Å². The van der Waals surface area contributed by atoms with Crippen LogP contribution in [0, 0.1) is 5.92 Å². The van der Waals surface area contributed by atoms with Crippen LogP contribution in [0.3, 0.4) is 0 Å². The average molecular weight is 197 g/mol. The van der Waals surface area contributed by atoms with Crippen LogP contribution in [-0.2, 0) is 0 Å². The highest BCUT2D eigenvalue weighted by Crippen LogP contribution is 2.27. The summed E-state index contributed by atoms with van der Waals surface area (Å²) in [5.74, 6) is 0.430. The van der Waals surface area contributed by atoms with Gasteiger partial charge in [-0.25, -0.2) is 0 Å². The van der Waals surface area contributed by atoms with Gasteiger partial charge >= 0.3 is 0 Å². The van der Waals surface area contributed by atoms with Crippen LogP contribution in [0.4, 0.5) is 0 Å². The van der Waals surface area contributed by atoms with Crippen molar-refractivity contribution in [2.45, 2.75) is 64.8 Å². The van der Waals surface area contributed by atoms with Gasteiger partial charge in [-0.1, -0.05) is 52.5 Å². The Kier molecular flexibility index (Phi) is 6.90. The molecule has 0 aliphatic rings. The van der Waals surface area contributed by atoms with E-state index < -0.39 is 0 Å². The van der Waals surface area contributed by atoms with Gasteiger partial charge in [-0.05, 0) is 18.8 Å². The third-order valence-corrected chi connectivity index (χ3v) is 3.22. The molecule has 2 N–H and O–H groups in total. The van der Waals surface area contributed by atoms with Crippen molar-refractivity contribution in [3.63, 3.8) is 0 Å². The van der Waals surface area contributed by atoms with Crippen LogP contribution >= 0.6 is 0 Å². The Balaban J connectivity index is 4.15. The van der Waals surface area contributed by atoms with E-state index in [1.165, 1.54) is 25.7 Å². The molecule has 0 rings (SSSR count). The SMILES string of the molecule is C=CC(C)C(N)(CCC)CCCCC. The van der Waals surface area contributed by atoms with Crippen molar-refractivity contribution in [2.75, 3.05) is 0 Å². The van der Waals surface area contributed by atoms with Crippen molar-refractivity contribution in [3.05, 3.63) is 12.7 Å². The van der Waals surface area contributed by atoms with Gasteiger partial charge in [-0.3, -0.25) is 0 Å². The van der Waals surface area contributed by atoms with Gasteiger partial charge in [0.15, 0.2) is 0 Å². The maximum atomic E-state index is 6.43. The Bertz CT molecular complexity index is 153. The summed E-state index contributed by atoms with van der Waals surface area (Å²) in [4.78, 5) is 0. The molecule has 0 radical (unpaired) electrons. The minimum absolute atomic E-state index is 0.00826. The number of unbranched alkanes of at least 4 members (excludes halogenated alkanes) is 2. The fourth-order valence-corrected chi connectivity index (χ4v) is 1.98. The Morgan fingerprint density at radius 3 is 2.29 bits per heavy atom. The molecule has 0 fully saturated rings. The summed E-state index contributed by atoms with van der Waals surface area (Å²) in [5, 5.41) is 0. The molecule has 0 aromatic heterocycles. The van der Waals surface area contributed by atoms with Crippen LogP contribution in [0.1, 0.15) is 59.3 Å². The minimum atomic E-state index is -0.00826. The van der Waals surface area contributed by atoms with E-state index in [0.717, 1.165) is 12.8 Å². The Morgan fingerprint density at radius 1 is 1.21 bits per heavy atom. The van der Waals surface area contributed by atoms with E-state index in [-0.39, 0.29) is 5.54 Å². The topological polar surface area (TPSA) is 26.0 Å². The summed E-state index contributed by atoms with van der Waals surface area (Å²) in [5.41, 5.74) is 6.42. The van der Waals surface area contributed by atoms with E-state index in [4.69, 9.17) is 5.73 Å². The van der Waals surface area contributed by atoms with E-state index in [1.807, 2.05) is 6.08 Å². The molecule has 0 heterocycles. The lowest BCUT2D eigenvalue weighted by atomic mass is 9.78. The highest BCUT2D eigenvalue weighted by atomic mass is 14.7. The molecule has 84 valence electrons. The fourth-order valence-electron chi connectivity index (χ4n) is 1.98. The third kappa shape index (κ3) is 4.28. The molecule has 0 saturated carbocycles. The van der Waals surface area contributed by atoms with Crippen LogP contribution in [0.2, 0.25) is 0 Å². The zero-order chi connectivity index (χ0) is 11.0. The van der Waals surface area contributed by atoms with Gasteiger partial charge in [0.05, 0.1) is 0 Å². The first-order valence-corrected chi connectivity index (χ1v) is 6.02. The molecule has 0 spiro atoms. The molecule has 1 nitrogen and oxygen atoms in total. The largest absolute Gasteiger partial charge is 0.325 e. The second-order valence-corrected chi connectivity index (χ2v) is 4.46. The normalized spacial score (nSPS) is 17.4. The predicted molar refractivity (Wildman–Crippen MR) is 65.3 cm³/mol. The van der Waals surface area contributed by atoms with Gasteiger partial charge in [0, 0.05) is 5.54 Å². The molecular weight excluding hydrogens is 170 g/mol. The smallest absolute Gasteiger partial charge is 0.0214 e. The highest BCUT2D eigenvalue weighted by Gasteiger charge is 2.28. The first-order chi connectivity index (χ1) is 6.60. The van der Waals surface area contributed by atoms with Crippen molar-refractivity contribution in [1.82, 2.24) is 0 Å². The number of hydrogen-bond donors (Lipinski definition) is 1. The summed E-state index contributed by atoms with van der Waals surface area (Å²) in [6.45, 7) is 10.5. The third-order valence-electron chi connectivity index (χ3n) is 3.22. The standard InChI is InChI=1S/C13H27N/c1-5-8-9-11-13(14,10-6-2)12(4)7-3/h7,12H,3,5-6,8-11,14H2,1-2,4H3. The lowest BCUT2D eigenvalue weighted by Crippen LogP contribution is -2.45. The van der Waals surface area contributed by atoms with E-state index in [1.54, 1.807) is 0 Å². The van der Waals surface area contributed by atoms with Crippen molar-refractivity contribution >= 4 is 0 Å². The molecule has 0 saturated heterocycles. The maximum absolute atomic E-state index is 6.43. The monoisotopic (exact) mass is 197 g/mol. The Hall–Kier alpha value is -0.300. The van der Waals surface area contributed by atoms with Crippen LogP contribution in [0.5, 0.6) is 0 Å². The zero-order valence-electron chi connectivity index (χ0n) is 10.2. The first kappa shape index (κ1) is 13.7. The van der Waals surface area contributed by atoms with Crippen molar-refractivity contribution in [2.24, 2.45) is 11.7 Å². The van der Waals surface area contributed by atoms with Crippen LogP contribution in [0.15, 0.2) is 12.7 Å². The minimum Gasteiger partial charge on any atom is -0.325 e. The molecule has 0 aromatic rings. The van der Waals surface area contributed by atoms with Gasteiger partial charge in [0.1, 0.15) is 0 Å². The molecule has 0 amide bonds. The lowest BCUT2D eigenvalue weighted by molar-refractivity contribution is 0.280. The first-order valence-electron chi connectivity index (χ1n) is 6.02. The van der Waals surface area contributed by atoms with Crippen LogP contribution in [0.25, 0.3) is 0 Å². The summed E-state index contributed by atoms with van der Waals surface area (Å²) < 4.78 is 0. The predicted octanol–water partition coefficient (Wildman–Crippen LogP) is 3.89. The van der Waals surface area contributed by atoms with Gasteiger partial charge in [0.25, 0.3) is 0 Å². The molecule has 2 unspecified atom stereocenters. The van der Waals surface area contributed by atoms with Crippen molar-refractivity contribution in [3.8, 4) is 0 Å². The van der Waals surface area contributed by atoms with E-state index >= 15 is 0 Å². The zero-order valence-corrected chi connectivity index (χ0v) is 10.2. The van der Waals surface area contributed by atoms with Crippen molar-refractivity contribution in [1.29, 1.82) is 0 Å². The maximum Gasteiger partial charge on any atom is 0.0214 e. The van der Waals surface area contributed by atoms with Gasteiger partial charge in [-0.15, -0.1) is 6.58 Å². The molecule has 14 heavy (non-hydrogen) atoms. The van der Waals surface area contributed by atoms with Gasteiger partial charge in [0.2, 0.25) is 0 Å². The molecular formula is C13H27N. The summed E-state index contributed by atoms with van der Waals surface area (Å²) >= 11 is 0. The molecule has 0 aliphatic heterocycles. The molecule has 0 aliphatic carbocycles. The Morgan fingerprint density at radius 2 is 1.86 bits per heavy atom. The van der Waals surface area contributed by atoms with E-state index in [2.05, 4.69) is 27.4 Å². The summed E-state index contributed by atoms with van der Waals surface area (Å²) in [7, 11) is 0. The molecule has 2 atom stereocenters. The highest BCUT2D eigenvalue weighted by molar-refractivity contribution is 4.96. The molecule has 1 heteroatoms. The van der Waals surface area contributed by atoms with Crippen LogP contribution < -0.4 is 5.73 Å². The van der Waals surface area contributed by atoms with Crippen LogP contribution in [-0.4, -0.2) is 5.54 Å². The second-order valence-electron chi connectivity index (χ2n) is 4.46. The number of nitrogens with two attached hydrogens (primary N) is 1. The Labute approximate surface area is 89.8 Å².